The molecule has 0 radical (unpaired) electrons. The SMILES string of the molecule is CC(C)(C(=O)N1CC(O)CC1C(=O)O)C1CCCNC1. The first kappa shape index (κ1) is 15.3. The van der Waals surface area contributed by atoms with Gasteiger partial charge in [-0.1, -0.05) is 13.8 Å². The molecular weight excluding hydrogens is 260 g/mol. The number of aliphatic hydroxyl groups excluding tert-OH is 1. The van der Waals surface area contributed by atoms with Gasteiger partial charge in [-0.2, -0.15) is 0 Å². The maximum absolute atomic E-state index is 12.8. The summed E-state index contributed by atoms with van der Waals surface area (Å²) in [7, 11) is 0. The van der Waals surface area contributed by atoms with Gasteiger partial charge in [0.2, 0.25) is 5.91 Å². The standard InChI is InChI=1S/C14H24N2O4/c1-14(2,9-4-3-5-15-7-9)13(20)16-8-10(17)6-11(16)12(18)19/h9-11,15,17H,3-8H2,1-2H3,(H,18,19). The van der Waals surface area contributed by atoms with E-state index in [1.807, 2.05) is 13.8 Å². The summed E-state index contributed by atoms with van der Waals surface area (Å²) < 4.78 is 0. The van der Waals surface area contributed by atoms with Crippen molar-refractivity contribution < 1.29 is 19.8 Å². The average molecular weight is 284 g/mol. The summed E-state index contributed by atoms with van der Waals surface area (Å²) in [5.41, 5.74) is -0.606. The summed E-state index contributed by atoms with van der Waals surface area (Å²) in [5.74, 6) is -0.987. The second kappa shape index (κ2) is 5.69. The third-order valence-corrected chi connectivity index (χ3v) is 4.69. The van der Waals surface area contributed by atoms with Gasteiger partial charge in [0.1, 0.15) is 6.04 Å². The number of aliphatic hydroxyl groups is 1. The molecule has 3 unspecified atom stereocenters. The van der Waals surface area contributed by atoms with Crippen LogP contribution in [0.3, 0.4) is 0 Å². The van der Waals surface area contributed by atoms with Crippen LogP contribution in [-0.4, -0.2) is 58.8 Å². The van der Waals surface area contributed by atoms with Gasteiger partial charge in [-0.25, -0.2) is 4.79 Å². The Morgan fingerprint density at radius 1 is 1.35 bits per heavy atom. The number of aliphatic carboxylic acids is 1. The zero-order chi connectivity index (χ0) is 14.9. The maximum Gasteiger partial charge on any atom is 0.326 e. The van der Waals surface area contributed by atoms with E-state index in [0.29, 0.717) is 0 Å². The van der Waals surface area contributed by atoms with Crippen molar-refractivity contribution in [3.8, 4) is 0 Å². The average Bonchev–Trinajstić information content (AvgIpc) is 2.81. The van der Waals surface area contributed by atoms with E-state index in [1.165, 1.54) is 4.90 Å². The smallest absolute Gasteiger partial charge is 0.326 e. The van der Waals surface area contributed by atoms with Crippen molar-refractivity contribution in [2.45, 2.75) is 45.3 Å². The maximum atomic E-state index is 12.8. The molecule has 2 heterocycles. The minimum absolute atomic E-state index is 0.124. The third-order valence-electron chi connectivity index (χ3n) is 4.69. The number of hydrogen-bond donors (Lipinski definition) is 3. The molecule has 0 aromatic heterocycles. The number of nitrogens with one attached hydrogen (secondary N) is 1. The molecular formula is C14H24N2O4. The fourth-order valence-corrected chi connectivity index (χ4v) is 3.28. The molecule has 2 saturated heterocycles. The first-order valence-corrected chi connectivity index (χ1v) is 7.26. The minimum atomic E-state index is -1.03. The highest BCUT2D eigenvalue weighted by Gasteiger charge is 2.46. The number of piperidine rings is 1. The number of hydrogen-bond acceptors (Lipinski definition) is 4. The minimum Gasteiger partial charge on any atom is -0.480 e. The van der Waals surface area contributed by atoms with Gasteiger partial charge < -0.3 is 20.4 Å². The second-order valence-corrected chi connectivity index (χ2v) is 6.47. The highest BCUT2D eigenvalue weighted by Crippen LogP contribution is 2.35. The number of rotatable bonds is 3. The van der Waals surface area contributed by atoms with Crippen molar-refractivity contribution in [3.63, 3.8) is 0 Å². The Morgan fingerprint density at radius 2 is 2.05 bits per heavy atom. The highest BCUT2D eigenvalue weighted by atomic mass is 16.4. The molecule has 0 spiro atoms. The summed E-state index contributed by atoms with van der Waals surface area (Å²) >= 11 is 0. The van der Waals surface area contributed by atoms with Crippen molar-refractivity contribution in [3.05, 3.63) is 0 Å². The van der Waals surface area contributed by atoms with E-state index in [2.05, 4.69) is 5.32 Å². The van der Waals surface area contributed by atoms with Crippen molar-refractivity contribution >= 4 is 11.9 Å². The molecule has 3 N–H and O–H groups in total. The molecule has 6 heteroatoms. The van der Waals surface area contributed by atoms with Gasteiger partial charge in [0.25, 0.3) is 0 Å². The zero-order valence-corrected chi connectivity index (χ0v) is 12.1. The molecule has 3 atom stereocenters. The number of β-amino-alcohol motifs (C(OH)–C–C–N with tert-alkyl or cyclic N) is 1. The lowest BCUT2D eigenvalue weighted by Crippen LogP contribution is -2.51. The molecule has 0 aromatic rings. The van der Waals surface area contributed by atoms with Crippen LogP contribution in [0.25, 0.3) is 0 Å². The zero-order valence-electron chi connectivity index (χ0n) is 12.1. The van der Waals surface area contributed by atoms with E-state index in [-0.39, 0.29) is 24.8 Å². The Bertz CT molecular complexity index is 391. The number of nitrogens with zero attached hydrogens (tertiary/aromatic N) is 1. The third kappa shape index (κ3) is 2.81. The molecule has 20 heavy (non-hydrogen) atoms. The van der Waals surface area contributed by atoms with Gasteiger partial charge in [-0.05, 0) is 31.8 Å². The Labute approximate surface area is 119 Å². The molecule has 0 aliphatic carbocycles. The predicted octanol–water partition coefficient (Wildman–Crippen LogP) is 0.0586. The highest BCUT2D eigenvalue weighted by molar-refractivity contribution is 5.88. The summed E-state index contributed by atoms with van der Waals surface area (Å²) in [6.07, 6.45) is 1.40. The lowest BCUT2D eigenvalue weighted by atomic mass is 9.74. The summed E-state index contributed by atoms with van der Waals surface area (Å²) in [6, 6.07) is -0.895. The van der Waals surface area contributed by atoms with Crippen LogP contribution in [0.1, 0.15) is 33.1 Å². The van der Waals surface area contributed by atoms with Crippen molar-refractivity contribution in [2.75, 3.05) is 19.6 Å². The molecule has 0 aromatic carbocycles. The van der Waals surface area contributed by atoms with Crippen LogP contribution < -0.4 is 5.32 Å². The Balaban J connectivity index is 2.14. The lowest BCUT2D eigenvalue weighted by Gasteiger charge is -2.39. The molecule has 114 valence electrons. The van der Waals surface area contributed by atoms with E-state index in [1.54, 1.807) is 0 Å². The van der Waals surface area contributed by atoms with Gasteiger partial charge in [0.05, 0.1) is 6.10 Å². The Morgan fingerprint density at radius 3 is 2.60 bits per heavy atom. The number of carbonyl (C=O) groups is 2. The number of carboxylic acids is 1. The van der Waals surface area contributed by atoms with Crippen LogP contribution in [0, 0.1) is 11.3 Å². The molecule has 0 bridgehead atoms. The molecule has 2 aliphatic rings. The van der Waals surface area contributed by atoms with E-state index in [9.17, 15) is 19.8 Å². The monoisotopic (exact) mass is 284 g/mol. The molecule has 2 fully saturated rings. The van der Waals surface area contributed by atoms with Gasteiger partial charge >= 0.3 is 5.97 Å². The van der Waals surface area contributed by atoms with Crippen LogP contribution in [0.2, 0.25) is 0 Å². The van der Waals surface area contributed by atoms with Crippen molar-refractivity contribution in [2.24, 2.45) is 11.3 Å². The normalized spacial score (nSPS) is 31.4. The number of likely N-dealkylation sites (tertiary alicyclic amines) is 1. The molecule has 1 amide bonds. The second-order valence-electron chi connectivity index (χ2n) is 6.47. The van der Waals surface area contributed by atoms with Gasteiger partial charge in [0, 0.05) is 18.4 Å². The van der Waals surface area contributed by atoms with Crippen LogP contribution in [-0.2, 0) is 9.59 Å². The van der Waals surface area contributed by atoms with E-state index < -0.39 is 23.5 Å². The predicted molar refractivity (Wildman–Crippen MR) is 73.1 cm³/mol. The first-order valence-electron chi connectivity index (χ1n) is 7.26. The summed E-state index contributed by atoms with van der Waals surface area (Å²) in [4.78, 5) is 25.3. The quantitative estimate of drug-likeness (QED) is 0.682. The number of amides is 1. The first-order chi connectivity index (χ1) is 9.34. The molecule has 6 nitrogen and oxygen atoms in total. The van der Waals surface area contributed by atoms with Crippen LogP contribution in [0.4, 0.5) is 0 Å². The van der Waals surface area contributed by atoms with Gasteiger partial charge in [-0.3, -0.25) is 4.79 Å². The molecule has 2 rings (SSSR count). The summed E-state index contributed by atoms with van der Waals surface area (Å²) in [5, 5.41) is 22.2. The fourth-order valence-electron chi connectivity index (χ4n) is 3.28. The van der Waals surface area contributed by atoms with E-state index in [0.717, 1.165) is 25.9 Å². The fraction of sp³-hybridized carbons (Fsp3) is 0.857. The largest absolute Gasteiger partial charge is 0.480 e. The van der Waals surface area contributed by atoms with Gasteiger partial charge in [0.15, 0.2) is 0 Å². The number of carboxylic acid groups (broad SMARTS) is 1. The topological polar surface area (TPSA) is 89.9 Å². The molecule has 2 aliphatic heterocycles. The molecule has 0 saturated carbocycles. The van der Waals surface area contributed by atoms with Gasteiger partial charge in [-0.15, -0.1) is 0 Å². The number of carbonyl (C=O) groups excluding carboxylic acids is 1. The van der Waals surface area contributed by atoms with E-state index >= 15 is 0 Å². The summed E-state index contributed by atoms with van der Waals surface area (Å²) in [6.45, 7) is 5.65. The van der Waals surface area contributed by atoms with Crippen molar-refractivity contribution in [1.29, 1.82) is 0 Å². The Kier molecular flexibility index (Phi) is 4.34. The van der Waals surface area contributed by atoms with Crippen LogP contribution in [0.15, 0.2) is 0 Å². The van der Waals surface area contributed by atoms with Crippen LogP contribution >= 0.6 is 0 Å². The van der Waals surface area contributed by atoms with Crippen LogP contribution in [0.5, 0.6) is 0 Å². The lowest BCUT2D eigenvalue weighted by molar-refractivity contribution is -0.154. The Hall–Kier alpha value is -1.14. The van der Waals surface area contributed by atoms with E-state index in [4.69, 9.17) is 0 Å². The van der Waals surface area contributed by atoms with Crippen molar-refractivity contribution in [1.82, 2.24) is 10.2 Å².